The summed E-state index contributed by atoms with van der Waals surface area (Å²) in [7, 11) is 1.42. The summed E-state index contributed by atoms with van der Waals surface area (Å²) in [5, 5.41) is 31.0. The third-order valence-corrected chi connectivity index (χ3v) is 8.46. The number of aromatic nitrogens is 4. The summed E-state index contributed by atoms with van der Waals surface area (Å²) in [6, 6.07) is 13.2. The second-order valence-corrected chi connectivity index (χ2v) is 11.6. The Bertz CT molecular complexity index is 1660. The number of methoxy groups -OCH3 is 1. The van der Waals surface area contributed by atoms with Crippen LogP contribution >= 0.6 is 34.8 Å². The smallest absolute Gasteiger partial charge is 0.336 e. The quantitative estimate of drug-likeness (QED) is 0.233. The maximum Gasteiger partial charge on any atom is 0.336 e. The lowest BCUT2D eigenvalue weighted by Gasteiger charge is -2.26. The van der Waals surface area contributed by atoms with Gasteiger partial charge in [0.15, 0.2) is 0 Å². The molecular formula is C29H26Cl3N5O5. The maximum absolute atomic E-state index is 11.6. The van der Waals surface area contributed by atoms with E-state index in [1.165, 1.54) is 19.2 Å². The molecule has 2 fully saturated rings. The van der Waals surface area contributed by atoms with E-state index < -0.39 is 11.6 Å². The molecule has 1 saturated heterocycles. The fourth-order valence-electron chi connectivity index (χ4n) is 5.20. The zero-order valence-electron chi connectivity index (χ0n) is 22.4. The Morgan fingerprint density at radius 3 is 2.52 bits per heavy atom. The van der Waals surface area contributed by atoms with Crippen LogP contribution < -0.4 is 14.4 Å². The van der Waals surface area contributed by atoms with Crippen LogP contribution in [0, 0.1) is 0 Å². The van der Waals surface area contributed by atoms with E-state index in [0.717, 1.165) is 24.2 Å². The second kappa shape index (κ2) is 11.3. The standard InChI is InChI=1S/C29H26Cl3N5O5/c1-41-25-12-17(28(38)39)11-24(33-25)36-10-9-29(40,15-36)19-8-7-18(13-22(19)32)42-14-23-26(16-5-6-16)34-35-37(23)27-20(30)3-2-4-21(27)31/h2-4,7-8,11-13,16,40H,5-6,9-10,14-15H2,1H3,(H,38,39). The van der Waals surface area contributed by atoms with Gasteiger partial charge in [-0.25, -0.2) is 9.48 Å². The minimum atomic E-state index is -1.29. The van der Waals surface area contributed by atoms with Gasteiger partial charge in [0.1, 0.15) is 35.2 Å². The van der Waals surface area contributed by atoms with Crippen LogP contribution in [-0.4, -0.2) is 56.4 Å². The second-order valence-electron chi connectivity index (χ2n) is 10.4. The number of carbonyl (C=O) groups is 1. The van der Waals surface area contributed by atoms with Crippen molar-refractivity contribution >= 4 is 46.6 Å². The number of aromatic carboxylic acids is 1. The first kappa shape index (κ1) is 28.5. The van der Waals surface area contributed by atoms with Gasteiger partial charge in [0.2, 0.25) is 5.88 Å². The molecule has 0 spiro atoms. The summed E-state index contributed by atoms with van der Waals surface area (Å²) < 4.78 is 13.0. The molecule has 3 heterocycles. The molecule has 42 heavy (non-hydrogen) atoms. The number of rotatable bonds is 9. The molecule has 13 heteroatoms. The van der Waals surface area contributed by atoms with Gasteiger partial charge in [-0.2, -0.15) is 4.98 Å². The monoisotopic (exact) mass is 629 g/mol. The van der Waals surface area contributed by atoms with E-state index >= 15 is 0 Å². The predicted octanol–water partition coefficient (Wildman–Crippen LogP) is 5.88. The number of aliphatic hydroxyl groups is 1. The van der Waals surface area contributed by atoms with Crippen LogP contribution in [0.2, 0.25) is 15.1 Å². The van der Waals surface area contributed by atoms with Crippen LogP contribution in [0.4, 0.5) is 5.82 Å². The Kier molecular flexibility index (Phi) is 7.65. The van der Waals surface area contributed by atoms with Gasteiger partial charge in [0.25, 0.3) is 0 Å². The number of β-amino-alcohol motifs (C(OH)–C–C–N with tert-alkyl or cyclic N) is 1. The predicted molar refractivity (Wildman–Crippen MR) is 158 cm³/mol. The molecule has 6 rings (SSSR count). The highest BCUT2D eigenvalue weighted by atomic mass is 35.5. The number of anilines is 1. The first-order chi connectivity index (χ1) is 20.2. The molecule has 1 saturated carbocycles. The molecule has 2 aliphatic rings. The number of carboxylic acids is 1. The van der Waals surface area contributed by atoms with E-state index in [1.807, 2.05) is 4.90 Å². The minimum Gasteiger partial charge on any atom is -0.487 e. The van der Waals surface area contributed by atoms with Crippen molar-refractivity contribution in [2.24, 2.45) is 0 Å². The topological polar surface area (TPSA) is 123 Å². The number of benzene rings is 2. The molecule has 2 aromatic heterocycles. The van der Waals surface area contributed by atoms with Crippen molar-refractivity contribution in [2.45, 2.75) is 37.4 Å². The van der Waals surface area contributed by atoms with E-state index in [4.69, 9.17) is 44.3 Å². The molecule has 0 bridgehead atoms. The van der Waals surface area contributed by atoms with Crippen molar-refractivity contribution in [2.75, 3.05) is 25.1 Å². The van der Waals surface area contributed by atoms with Gasteiger partial charge in [-0.3, -0.25) is 0 Å². The number of ether oxygens (including phenoxy) is 2. The summed E-state index contributed by atoms with van der Waals surface area (Å²) in [4.78, 5) is 17.7. The molecule has 1 aliphatic carbocycles. The van der Waals surface area contributed by atoms with Crippen LogP contribution in [0.25, 0.3) is 5.69 Å². The highest BCUT2D eigenvalue weighted by Crippen LogP contribution is 2.43. The fraction of sp³-hybridized carbons (Fsp3) is 0.310. The number of para-hydroxylation sites is 1. The summed E-state index contributed by atoms with van der Waals surface area (Å²) in [5.41, 5.74) is 1.45. The third kappa shape index (κ3) is 5.47. The van der Waals surface area contributed by atoms with Crippen molar-refractivity contribution in [1.29, 1.82) is 0 Å². The zero-order valence-corrected chi connectivity index (χ0v) is 24.7. The molecule has 2 aromatic carbocycles. The Labute approximate surface area is 256 Å². The van der Waals surface area contributed by atoms with Crippen LogP contribution in [0.1, 0.15) is 52.5 Å². The fourth-order valence-corrected chi connectivity index (χ4v) is 6.10. The number of hydrogen-bond acceptors (Lipinski definition) is 8. The van der Waals surface area contributed by atoms with Crippen LogP contribution in [0.5, 0.6) is 11.6 Å². The number of hydrogen-bond donors (Lipinski definition) is 2. The normalized spacial score (nSPS) is 18.4. The molecule has 2 N–H and O–H groups in total. The molecule has 4 aromatic rings. The summed E-state index contributed by atoms with van der Waals surface area (Å²) in [5.74, 6) is 0.299. The highest BCUT2D eigenvalue weighted by molar-refractivity contribution is 6.37. The lowest BCUT2D eigenvalue weighted by atomic mass is 9.93. The Balaban J connectivity index is 1.22. The van der Waals surface area contributed by atoms with Gasteiger partial charge < -0.3 is 24.6 Å². The van der Waals surface area contributed by atoms with E-state index in [2.05, 4.69) is 15.3 Å². The summed E-state index contributed by atoms with van der Waals surface area (Å²) >= 11 is 19.6. The molecule has 10 nitrogen and oxygen atoms in total. The van der Waals surface area contributed by atoms with Gasteiger partial charge in [-0.05, 0) is 49.6 Å². The molecule has 1 unspecified atom stereocenters. The Morgan fingerprint density at radius 2 is 1.86 bits per heavy atom. The van der Waals surface area contributed by atoms with Gasteiger partial charge in [0, 0.05) is 24.1 Å². The van der Waals surface area contributed by atoms with Gasteiger partial charge >= 0.3 is 5.97 Å². The van der Waals surface area contributed by atoms with E-state index in [1.54, 1.807) is 41.1 Å². The van der Waals surface area contributed by atoms with Crippen molar-refractivity contribution in [3.05, 3.63) is 86.1 Å². The van der Waals surface area contributed by atoms with Crippen LogP contribution in [0.15, 0.2) is 48.5 Å². The van der Waals surface area contributed by atoms with Gasteiger partial charge in [-0.15, -0.1) is 5.10 Å². The molecule has 218 valence electrons. The van der Waals surface area contributed by atoms with Gasteiger partial charge in [0.05, 0.1) is 40.0 Å². The van der Waals surface area contributed by atoms with E-state index in [9.17, 15) is 15.0 Å². The van der Waals surface area contributed by atoms with Crippen LogP contribution in [-0.2, 0) is 12.2 Å². The molecule has 0 radical (unpaired) electrons. The van der Waals surface area contributed by atoms with Crippen molar-refractivity contribution in [3.63, 3.8) is 0 Å². The molecular weight excluding hydrogens is 605 g/mol. The number of halogens is 3. The van der Waals surface area contributed by atoms with Crippen molar-refractivity contribution in [1.82, 2.24) is 20.0 Å². The summed E-state index contributed by atoms with van der Waals surface area (Å²) in [6.45, 7) is 0.762. The number of pyridine rings is 1. The van der Waals surface area contributed by atoms with Crippen molar-refractivity contribution in [3.8, 4) is 17.3 Å². The minimum absolute atomic E-state index is 0.0463. The van der Waals surface area contributed by atoms with Crippen LogP contribution in [0.3, 0.4) is 0 Å². The number of nitrogens with zero attached hydrogens (tertiary/aromatic N) is 5. The average Bonchev–Trinajstić information content (AvgIpc) is 3.61. The lowest BCUT2D eigenvalue weighted by Crippen LogP contribution is -2.31. The molecule has 1 aliphatic heterocycles. The average molecular weight is 631 g/mol. The maximum atomic E-state index is 11.6. The Hall–Kier alpha value is -3.57. The first-order valence-corrected chi connectivity index (χ1v) is 14.4. The highest BCUT2D eigenvalue weighted by Gasteiger charge is 2.40. The van der Waals surface area contributed by atoms with Crippen molar-refractivity contribution < 1.29 is 24.5 Å². The summed E-state index contributed by atoms with van der Waals surface area (Å²) in [6.07, 6.45) is 2.42. The first-order valence-electron chi connectivity index (χ1n) is 13.3. The largest absolute Gasteiger partial charge is 0.487 e. The Morgan fingerprint density at radius 1 is 1.10 bits per heavy atom. The van der Waals surface area contributed by atoms with E-state index in [0.29, 0.717) is 56.8 Å². The third-order valence-electron chi connectivity index (χ3n) is 7.54. The lowest BCUT2D eigenvalue weighted by molar-refractivity contribution is 0.0606. The number of carboxylic acid groups (broad SMARTS) is 1. The van der Waals surface area contributed by atoms with E-state index in [-0.39, 0.29) is 24.6 Å². The molecule has 0 amide bonds. The zero-order chi connectivity index (χ0) is 29.6. The van der Waals surface area contributed by atoms with Gasteiger partial charge in [-0.1, -0.05) is 52.1 Å². The SMILES string of the molecule is COc1cc(C(=O)O)cc(N2CCC(O)(c3ccc(OCc4c(C5CC5)nnn4-c4c(Cl)cccc4Cl)cc3Cl)C2)n1. The molecule has 1 atom stereocenters.